The molecule has 0 aliphatic carbocycles. The summed E-state index contributed by atoms with van der Waals surface area (Å²) in [5.74, 6) is 0. The van der Waals surface area contributed by atoms with E-state index in [1.54, 1.807) is 0 Å². The summed E-state index contributed by atoms with van der Waals surface area (Å²) in [6.07, 6.45) is 0. The maximum absolute atomic E-state index is 5.81. The monoisotopic (exact) mass is 1100 g/mol. The van der Waals surface area contributed by atoms with Gasteiger partial charge in [-0.05, 0) is 132 Å². The van der Waals surface area contributed by atoms with Gasteiger partial charge in [0, 0.05) is 89.3 Å². The Bertz CT molecular complexity index is 4800. The lowest BCUT2D eigenvalue weighted by atomic mass is 9.96. The molecule has 3 aromatic heterocycles. The predicted octanol–water partition coefficient (Wildman–Crippen LogP) is 21.4. The number of benzene rings is 13. The Balaban J connectivity index is 0.856. The molecule has 0 aliphatic heterocycles. The van der Waals surface area contributed by atoms with Crippen LogP contribution in [0, 0.1) is 0 Å². The number of hydrogen-bond donors (Lipinski definition) is 0. The van der Waals surface area contributed by atoms with Gasteiger partial charge in [-0.1, -0.05) is 206 Å². The molecule has 16 rings (SSSR count). The molecule has 3 heterocycles. The first-order chi connectivity index (χ1) is 42.7. The van der Waals surface area contributed by atoms with Gasteiger partial charge in [0.1, 0.15) is 0 Å². The Morgan fingerprint density at radius 3 is 0.907 bits per heavy atom. The zero-order valence-corrected chi connectivity index (χ0v) is 46.9. The van der Waals surface area contributed by atoms with Crippen molar-refractivity contribution in [1.82, 2.24) is 19.1 Å². The topological polar surface area (TPSA) is 42.1 Å². The molecule has 0 bridgehead atoms. The molecule has 0 atom stereocenters. The summed E-state index contributed by atoms with van der Waals surface area (Å²) in [6, 6.07) is 117. The number of nitrogens with zero attached hydrogens (tertiary/aromatic N) is 6. The third-order valence-electron chi connectivity index (χ3n) is 16.7. The molecule has 6 heteroatoms. The molecule has 16 aromatic rings. The molecule has 0 saturated heterocycles. The lowest BCUT2D eigenvalue weighted by Crippen LogP contribution is -2.10. The third kappa shape index (κ3) is 8.75. The van der Waals surface area contributed by atoms with E-state index < -0.39 is 0 Å². The standard InChI is InChI=1S/C80H54N6/c1-7-23-55(24-8-1)67-49-50-68(56-25-9-2-10-26-56)80-79(67)81-77(57-39-43-63(44-40-57)83(59-27-11-3-12-28-59)65-47-51-75-71(53-65)69-35-19-21-37-73(69)85(75)61-31-15-5-16-32-61)78(82-80)58-41-45-64(46-42-58)84(60-29-13-4-14-30-60)66-48-52-76-72(54-66)70-36-20-22-38-74(70)86(76)62-33-17-6-18-34-62/h1-54H. The van der Waals surface area contributed by atoms with E-state index in [-0.39, 0.29) is 0 Å². The van der Waals surface area contributed by atoms with Gasteiger partial charge in [-0.3, -0.25) is 0 Å². The Hall–Kier alpha value is -11.6. The van der Waals surface area contributed by atoms with E-state index >= 15 is 0 Å². The quantitative estimate of drug-likeness (QED) is 0.122. The van der Waals surface area contributed by atoms with Crippen LogP contribution in [-0.2, 0) is 0 Å². The molecule has 0 amide bonds. The summed E-state index contributed by atoms with van der Waals surface area (Å²) < 4.78 is 4.73. The van der Waals surface area contributed by atoms with Crippen LogP contribution < -0.4 is 9.80 Å². The lowest BCUT2D eigenvalue weighted by Gasteiger charge is -2.26. The van der Waals surface area contributed by atoms with Crippen molar-refractivity contribution in [2.24, 2.45) is 0 Å². The third-order valence-corrected chi connectivity index (χ3v) is 16.7. The lowest BCUT2D eigenvalue weighted by molar-refractivity contribution is 1.18. The normalized spacial score (nSPS) is 11.5. The van der Waals surface area contributed by atoms with Crippen LogP contribution in [0.5, 0.6) is 0 Å². The average Bonchev–Trinajstić information content (AvgIpc) is 1.91. The van der Waals surface area contributed by atoms with E-state index in [1.807, 2.05) is 0 Å². The van der Waals surface area contributed by atoms with E-state index in [0.717, 1.165) is 112 Å². The van der Waals surface area contributed by atoms with Crippen LogP contribution in [0.25, 0.3) is 111 Å². The highest BCUT2D eigenvalue weighted by Crippen LogP contribution is 2.45. The van der Waals surface area contributed by atoms with E-state index in [0.29, 0.717) is 0 Å². The highest BCUT2D eigenvalue weighted by atomic mass is 15.1. The Morgan fingerprint density at radius 2 is 0.523 bits per heavy atom. The Morgan fingerprint density at radius 1 is 0.221 bits per heavy atom. The zero-order chi connectivity index (χ0) is 56.9. The molecule has 0 saturated carbocycles. The van der Waals surface area contributed by atoms with Crippen LogP contribution in [0.15, 0.2) is 328 Å². The van der Waals surface area contributed by atoms with Crippen LogP contribution in [0.4, 0.5) is 34.1 Å². The van der Waals surface area contributed by atoms with Crippen molar-refractivity contribution in [3.05, 3.63) is 328 Å². The van der Waals surface area contributed by atoms with Gasteiger partial charge in [0.05, 0.1) is 44.5 Å². The molecule has 0 fully saturated rings. The van der Waals surface area contributed by atoms with Crippen molar-refractivity contribution in [2.45, 2.75) is 0 Å². The second kappa shape index (κ2) is 21.3. The van der Waals surface area contributed by atoms with Crippen molar-refractivity contribution in [2.75, 3.05) is 9.80 Å². The van der Waals surface area contributed by atoms with Crippen LogP contribution in [0.1, 0.15) is 0 Å². The maximum Gasteiger partial charge on any atom is 0.0979 e. The number of rotatable bonds is 12. The Labute approximate surface area is 498 Å². The minimum Gasteiger partial charge on any atom is -0.310 e. The van der Waals surface area contributed by atoms with Crippen molar-refractivity contribution in [3.63, 3.8) is 0 Å². The molecule has 0 aliphatic rings. The summed E-state index contributed by atoms with van der Waals surface area (Å²) in [5.41, 5.74) is 22.6. The van der Waals surface area contributed by atoms with E-state index in [1.165, 1.54) is 32.6 Å². The molecule has 86 heavy (non-hydrogen) atoms. The summed E-state index contributed by atoms with van der Waals surface area (Å²) in [7, 11) is 0. The van der Waals surface area contributed by atoms with Crippen molar-refractivity contribution < 1.29 is 0 Å². The van der Waals surface area contributed by atoms with Gasteiger partial charge in [-0.15, -0.1) is 0 Å². The second-order valence-electron chi connectivity index (χ2n) is 21.7. The fourth-order valence-corrected chi connectivity index (χ4v) is 12.7. The van der Waals surface area contributed by atoms with E-state index in [4.69, 9.17) is 9.97 Å². The maximum atomic E-state index is 5.81. The number of para-hydroxylation sites is 6. The minimum atomic E-state index is 0.792. The molecule has 0 radical (unpaired) electrons. The van der Waals surface area contributed by atoms with Gasteiger partial charge in [0.25, 0.3) is 0 Å². The highest BCUT2D eigenvalue weighted by molar-refractivity contribution is 6.12. The largest absolute Gasteiger partial charge is 0.310 e. The molecule has 6 nitrogen and oxygen atoms in total. The molecule has 13 aromatic carbocycles. The zero-order valence-electron chi connectivity index (χ0n) is 46.9. The molecule has 0 N–H and O–H groups in total. The summed E-state index contributed by atoms with van der Waals surface area (Å²) in [5, 5.41) is 4.78. The van der Waals surface area contributed by atoms with Crippen LogP contribution in [0.2, 0.25) is 0 Å². The molecule has 404 valence electrons. The second-order valence-corrected chi connectivity index (χ2v) is 21.7. The smallest absolute Gasteiger partial charge is 0.0979 e. The van der Waals surface area contributed by atoms with Gasteiger partial charge in [0.2, 0.25) is 0 Å². The summed E-state index contributed by atoms with van der Waals surface area (Å²) in [6.45, 7) is 0. The van der Waals surface area contributed by atoms with Crippen LogP contribution in [-0.4, -0.2) is 19.1 Å². The summed E-state index contributed by atoms with van der Waals surface area (Å²) in [4.78, 5) is 16.3. The first kappa shape index (κ1) is 50.2. The van der Waals surface area contributed by atoms with Gasteiger partial charge in [-0.25, -0.2) is 9.97 Å². The predicted molar refractivity (Wildman–Crippen MR) is 359 cm³/mol. The first-order valence-corrected chi connectivity index (χ1v) is 29.2. The molecule has 0 unspecified atom stereocenters. The highest BCUT2D eigenvalue weighted by Gasteiger charge is 2.23. The number of hydrogen-bond acceptors (Lipinski definition) is 4. The number of anilines is 6. The average molecular weight is 1100 g/mol. The van der Waals surface area contributed by atoms with Gasteiger partial charge in [-0.2, -0.15) is 0 Å². The Kier molecular flexibility index (Phi) is 12.4. The van der Waals surface area contributed by atoms with Crippen molar-refractivity contribution in [1.29, 1.82) is 0 Å². The fraction of sp³-hybridized carbons (Fsp3) is 0. The van der Waals surface area contributed by atoms with Gasteiger partial charge >= 0.3 is 0 Å². The van der Waals surface area contributed by atoms with E-state index in [9.17, 15) is 0 Å². The number of fused-ring (bicyclic) bond motifs is 7. The van der Waals surface area contributed by atoms with Crippen molar-refractivity contribution in [3.8, 4) is 56.1 Å². The fourth-order valence-electron chi connectivity index (χ4n) is 12.7. The van der Waals surface area contributed by atoms with E-state index in [2.05, 4.69) is 347 Å². The molecular weight excluding hydrogens is 1040 g/mol. The minimum absolute atomic E-state index is 0.792. The van der Waals surface area contributed by atoms with Crippen LogP contribution >= 0.6 is 0 Å². The first-order valence-electron chi connectivity index (χ1n) is 29.2. The van der Waals surface area contributed by atoms with Crippen LogP contribution in [0.3, 0.4) is 0 Å². The summed E-state index contributed by atoms with van der Waals surface area (Å²) >= 11 is 0. The SMILES string of the molecule is c1ccc(-c2ccc(-c3ccccc3)c3nc(-c4ccc(N(c5ccccc5)c5ccc6c(c5)c5ccccc5n6-c5ccccc5)cc4)c(-c4ccc(N(c5ccccc5)c5ccc6c(c5)c5ccccc5n6-c5ccccc5)cc4)nc23)cc1. The van der Waals surface area contributed by atoms with Crippen molar-refractivity contribution >= 4 is 88.8 Å². The molecular formula is C80H54N6. The molecule has 0 spiro atoms. The number of aromatic nitrogens is 4. The van der Waals surface area contributed by atoms with Gasteiger partial charge < -0.3 is 18.9 Å². The van der Waals surface area contributed by atoms with Gasteiger partial charge in [0.15, 0.2) is 0 Å².